The van der Waals surface area contributed by atoms with Gasteiger partial charge in [-0.05, 0) is 60.4 Å². The molecule has 1 aliphatic heterocycles. The van der Waals surface area contributed by atoms with E-state index < -0.39 is 5.25 Å². The Labute approximate surface area is 226 Å². The summed E-state index contributed by atoms with van der Waals surface area (Å²) >= 11 is 1.25. The first-order valence-electron chi connectivity index (χ1n) is 12.3. The van der Waals surface area contributed by atoms with Crippen LogP contribution in [0, 0.1) is 5.82 Å². The van der Waals surface area contributed by atoms with Crippen LogP contribution in [0.15, 0.2) is 77.8 Å². The molecule has 0 spiro atoms. The van der Waals surface area contributed by atoms with E-state index >= 15 is 0 Å². The van der Waals surface area contributed by atoms with Crippen LogP contribution >= 0.6 is 11.8 Å². The quantitative estimate of drug-likeness (QED) is 0.405. The van der Waals surface area contributed by atoms with Gasteiger partial charge in [0.05, 0.1) is 25.2 Å². The minimum atomic E-state index is -0.602. The third-order valence-corrected chi connectivity index (χ3v) is 7.30. The third kappa shape index (κ3) is 7.13. The number of carbonyl (C=O) groups excluding carboxylic acids is 2. The van der Waals surface area contributed by atoms with E-state index in [1.807, 2.05) is 48.5 Å². The maximum absolute atomic E-state index is 13.4. The van der Waals surface area contributed by atoms with E-state index in [0.29, 0.717) is 48.3 Å². The Kier molecular flexibility index (Phi) is 9.37. The number of hydrogen-bond acceptors (Lipinski definition) is 6. The average Bonchev–Trinajstić information content (AvgIpc) is 2.94. The number of rotatable bonds is 10. The molecule has 198 valence electrons. The van der Waals surface area contributed by atoms with Crippen molar-refractivity contribution in [2.45, 2.75) is 24.5 Å². The molecule has 7 nitrogen and oxygen atoms in total. The van der Waals surface area contributed by atoms with E-state index in [4.69, 9.17) is 9.47 Å². The molecule has 0 aromatic heterocycles. The molecule has 9 heteroatoms. The lowest BCUT2D eigenvalue weighted by Gasteiger charge is -2.32. The molecule has 2 amide bonds. The smallest absolute Gasteiger partial charge is 0.234 e. The maximum atomic E-state index is 13.4. The second kappa shape index (κ2) is 13.1. The lowest BCUT2D eigenvalue weighted by atomic mass is 10.1. The first-order chi connectivity index (χ1) is 18.5. The molecule has 3 aromatic rings. The van der Waals surface area contributed by atoms with Gasteiger partial charge < -0.3 is 14.8 Å². The summed E-state index contributed by atoms with van der Waals surface area (Å²) in [4.78, 5) is 32.4. The van der Waals surface area contributed by atoms with Gasteiger partial charge in [-0.25, -0.2) is 9.38 Å². The predicted octanol–water partition coefficient (Wildman–Crippen LogP) is 4.77. The van der Waals surface area contributed by atoms with E-state index in [1.54, 1.807) is 31.3 Å². The van der Waals surface area contributed by atoms with Crippen LogP contribution in [-0.4, -0.2) is 54.4 Å². The van der Waals surface area contributed by atoms with Gasteiger partial charge in [-0.2, -0.15) is 0 Å². The van der Waals surface area contributed by atoms with Crippen LogP contribution in [0.2, 0.25) is 0 Å². The van der Waals surface area contributed by atoms with Crippen LogP contribution in [0.1, 0.15) is 17.5 Å². The molecule has 0 bridgehead atoms. The maximum Gasteiger partial charge on any atom is 0.234 e. The first-order valence-corrected chi connectivity index (χ1v) is 13.2. The van der Waals surface area contributed by atoms with Crippen molar-refractivity contribution < 1.29 is 23.5 Å². The van der Waals surface area contributed by atoms with Crippen LogP contribution in [0.4, 0.5) is 10.1 Å². The number of halogens is 1. The normalized spacial score (nSPS) is 16.4. The number of amidine groups is 1. The van der Waals surface area contributed by atoms with Crippen LogP contribution in [-0.2, 0) is 22.4 Å². The van der Waals surface area contributed by atoms with Crippen molar-refractivity contribution in [2.75, 3.05) is 27.3 Å². The molecule has 4 rings (SSSR count). The summed E-state index contributed by atoms with van der Waals surface area (Å²) in [7, 11) is 3.15. The number of nitrogens with one attached hydrogen (secondary N) is 1. The van der Waals surface area contributed by atoms with Crippen molar-refractivity contribution in [2.24, 2.45) is 4.99 Å². The van der Waals surface area contributed by atoms with E-state index in [2.05, 4.69) is 10.3 Å². The number of aliphatic imine (C=N–C) groups is 1. The lowest BCUT2D eigenvalue weighted by Crippen LogP contribution is -2.47. The summed E-state index contributed by atoms with van der Waals surface area (Å²) in [6.07, 6.45) is 1.31. The van der Waals surface area contributed by atoms with Crippen molar-refractivity contribution in [3.63, 3.8) is 0 Å². The van der Waals surface area contributed by atoms with Crippen molar-refractivity contribution in [3.05, 3.63) is 89.7 Å². The van der Waals surface area contributed by atoms with Gasteiger partial charge in [-0.3, -0.25) is 14.5 Å². The fourth-order valence-electron chi connectivity index (χ4n) is 4.05. The monoisotopic (exact) mass is 535 g/mol. The summed E-state index contributed by atoms with van der Waals surface area (Å²) < 4.78 is 24.1. The van der Waals surface area contributed by atoms with Crippen molar-refractivity contribution >= 4 is 34.4 Å². The number of amides is 2. The Bertz CT molecular complexity index is 1280. The summed E-state index contributed by atoms with van der Waals surface area (Å²) in [6, 6.07) is 21.2. The van der Waals surface area contributed by atoms with Gasteiger partial charge in [-0.1, -0.05) is 48.2 Å². The molecule has 0 aliphatic carbocycles. The second-order valence-electron chi connectivity index (χ2n) is 8.69. The van der Waals surface area contributed by atoms with Gasteiger partial charge in [0, 0.05) is 19.5 Å². The topological polar surface area (TPSA) is 80.2 Å². The molecule has 1 unspecified atom stereocenters. The molecule has 1 atom stereocenters. The average molecular weight is 536 g/mol. The first kappa shape index (κ1) is 27.2. The van der Waals surface area contributed by atoms with Gasteiger partial charge in [0.2, 0.25) is 11.8 Å². The highest BCUT2D eigenvalue weighted by Gasteiger charge is 2.35. The molecule has 1 heterocycles. The third-order valence-electron chi connectivity index (χ3n) is 6.11. The Balaban J connectivity index is 1.47. The number of thioether (sulfide) groups is 1. The molecule has 1 aliphatic rings. The SMILES string of the molecule is COc1ccc(CCN2C(=O)CC(C(=O)NCCc3ccccc3)SC2=Nc2ccc(F)cc2)cc1OC. The Hall–Kier alpha value is -3.85. The summed E-state index contributed by atoms with van der Waals surface area (Å²) in [5, 5.41) is 2.76. The number of methoxy groups -OCH3 is 2. The Morgan fingerprint density at radius 1 is 1.00 bits per heavy atom. The van der Waals surface area contributed by atoms with Crippen LogP contribution < -0.4 is 14.8 Å². The summed E-state index contributed by atoms with van der Waals surface area (Å²) in [5.41, 5.74) is 2.59. The second-order valence-corrected chi connectivity index (χ2v) is 9.86. The van der Waals surface area contributed by atoms with Crippen molar-refractivity contribution in [1.29, 1.82) is 0 Å². The van der Waals surface area contributed by atoms with Gasteiger partial charge in [0.15, 0.2) is 16.7 Å². The van der Waals surface area contributed by atoms with E-state index in [1.165, 1.54) is 23.9 Å². The van der Waals surface area contributed by atoms with E-state index in [0.717, 1.165) is 11.1 Å². The fourth-order valence-corrected chi connectivity index (χ4v) is 5.20. The molecule has 0 radical (unpaired) electrons. The van der Waals surface area contributed by atoms with Crippen LogP contribution in [0.25, 0.3) is 0 Å². The van der Waals surface area contributed by atoms with Gasteiger partial charge in [0.25, 0.3) is 0 Å². The number of ether oxygens (including phenoxy) is 2. The summed E-state index contributed by atoms with van der Waals surface area (Å²) in [6.45, 7) is 0.839. The molecule has 0 saturated carbocycles. The predicted molar refractivity (Wildman–Crippen MR) is 148 cm³/mol. The minimum absolute atomic E-state index is 0.0657. The molecule has 3 aromatic carbocycles. The molecule has 38 heavy (non-hydrogen) atoms. The molecular weight excluding hydrogens is 505 g/mol. The van der Waals surface area contributed by atoms with E-state index in [9.17, 15) is 14.0 Å². The zero-order chi connectivity index (χ0) is 26.9. The largest absolute Gasteiger partial charge is 0.493 e. The number of hydrogen-bond donors (Lipinski definition) is 1. The van der Waals surface area contributed by atoms with Gasteiger partial charge in [0.1, 0.15) is 5.82 Å². The van der Waals surface area contributed by atoms with Gasteiger partial charge >= 0.3 is 0 Å². The van der Waals surface area contributed by atoms with Crippen molar-refractivity contribution in [1.82, 2.24) is 10.2 Å². The van der Waals surface area contributed by atoms with Crippen molar-refractivity contribution in [3.8, 4) is 11.5 Å². The highest BCUT2D eigenvalue weighted by molar-refractivity contribution is 8.15. The van der Waals surface area contributed by atoms with Crippen LogP contribution in [0.3, 0.4) is 0 Å². The highest BCUT2D eigenvalue weighted by Crippen LogP contribution is 2.31. The molecular formula is C29H30FN3O4S. The lowest BCUT2D eigenvalue weighted by molar-refractivity contribution is -0.130. The Morgan fingerprint density at radius 2 is 1.74 bits per heavy atom. The summed E-state index contributed by atoms with van der Waals surface area (Å²) in [5.74, 6) is 0.471. The van der Waals surface area contributed by atoms with Gasteiger partial charge in [-0.15, -0.1) is 0 Å². The molecule has 1 N–H and O–H groups in total. The number of nitrogens with zero attached hydrogens (tertiary/aromatic N) is 2. The Morgan fingerprint density at radius 3 is 2.45 bits per heavy atom. The van der Waals surface area contributed by atoms with E-state index in [-0.39, 0.29) is 24.1 Å². The standard InChI is InChI=1S/C29H30FN3O4S/c1-36-24-13-8-21(18-25(24)37-2)15-17-33-27(34)19-26(28(35)31-16-14-20-6-4-3-5-7-20)38-29(33)32-23-11-9-22(30)10-12-23/h3-13,18,26H,14-17,19H2,1-2H3,(H,31,35). The zero-order valence-corrected chi connectivity index (χ0v) is 22.2. The number of benzene rings is 3. The number of carbonyl (C=O) groups is 2. The zero-order valence-electron chi connectivity index (χ0n) is 21.4. The minimum Gasteiger partial charge on any atom is -0.493 e. The highest BCUT2D eigenvalue weighted by atomic mass is 32.2. The van der Waals surface area contributed by atoms with Crippen LogP contribution in [0.5, 0.6) is 11.5 Å². The fraction of sp³-hybridized carbons (Fsp3) is 0.276. The molecule has 1 saturated heterocycles. The molecule has 1 fully saturated rings.